The van der Waals surface area contributed by atoms with E-state index in [9.17, 15) is 15.3 Å². The molecule has 9 heteroatoms. The molecule has 2 aromatic heterocycles. The number of rotatable bonds is 7. The van der Waals surface area contributed by atoms with Crippen molar-refractivity contribution in [1.82, 2.24) is 14.5 Å². The van der Waals surface area contributed by atoms with E-state index in [1.54, 1.807) is 13.3 Å². The molecule has 0 radical (unpaired) electrons. The number of anilines is 1. The van der Waals surface area contributed by atoms with Gasteiger partial charge in [0.25, 0.3) is 0 Å². The van der Waals surface area contributed by atoms with E-state index in [2.05, 4.69) is 4.98 Å². The topological polar surface area (TPSA) is 130 Å². The second-order valence-electron chi connectivity index (χ2n) is 9.66. The summed E-state index contributed by atoms with van der Waals surface area (Å²) in [5.41, 5.74) is 8.64. The van der Waals surface area contributed by atoms with Crippen LogP contribution in [0.25, 0.3) is 27.8 Å². The van der Waals surface area contributed by atoms with E-state index in [0.717, 1.165) is 39.9 Å². The van der Waals surface area contributed by atoms with Crippen LogP contribution in [0.4, 0.5) is 5.69 Å². The van der Waals surface area contributed by atoms with Crippen molar-refractivity contribution >= 4 is 27.6 Å². The normalized spacial score (nSPS) is 18.9. The van der Waals surface area contributed by atoms with E-state index < -0.39 is 11.6 Å². The number of imidazole rings is 1. The average molecular weight is 478 g/mol. The second-order valence-corrected chi connectivity index (χ2v) is 9.66. The van der Waals surface area contributed by atoms with Crippen molar-refractivity contribution in [1.29, 1.82) is 0 Å². The molecule has 1 saturated heterocycles. The lowest BCUT2D eigenvalue weighted by Gasteiger charge is -2.37. The molecule has 0 bridgehead atoms. The molecular formula is C26H31N5O4. The van der Waals surface area contributed by atoms with E-state index in [-0.39, 0.29) is 25.9 Å². The Morgan fingerprint density at radius 1 is 1.14 bits per heavy atom. The molecule has 184 valence electrons. The fraction of sp³-hybridized carbons (Fsp3) is 0.385. The Balaban J connectivity index is 1.47. The average Bonchev–Trinajstić information content (AvgIpc) is 3.30. The largest absolute Gasteiger partial charge is 0.493 e. The Labute approximate surface area is 203 Å². The van der Waals surface area contributed by atoms with Gasteiger partial charge < -0.3 is 30.7 Å². The molecule has 5 rings (SSSR count). The molecule has 0 amide bonds. The summed E-state index contributed by atoms with van der Waals surface area (Å²) in [6.45, 7) is 2.29. The van der Waals surface area contributed by atoms with Crippen molar-refractivity contribution in [2.75, 3.05) is 31.3 Å². The van der Waals surface area contributed by atoms with E-state index in [0.29, 0.717) is 18.7 Å². The van der Waals surface area contributed by atoms with Crippen LogP contribution in [0.15, 0.2) is 54.9 Å². The number of pyridine rings is 1. The predicted octanol–water partition coefficient (Wildman–Crippen LogP) is 2.19. The lowest BCUT2D eigenvalue weighted by Crippen LogP contribution is -2.47. The maximum atomic E-state index is 10.7. The summed E-state index contributed by atoms with van der Waals surface area (Å²) in [6, 6.07) is 15.6. The number of hydrogen-bond acceptors (Lipinski definition) is 8. The minimum atomic E-state index is -0.714. The monoisotopic (exact) mass is 477 g/mol. The van der Waals surface area contributed by atoms with Gasteiger partial charge in [0.2, 0.25) is 0 Å². The highest BCUT2D eigenvalue weighted by Gasteiger charge is 2.27. The second kappa shape index (κ2) is 9.43. The van der Waals surface area contributed by atoms with Crippen LogP contribution in [0.1, 0.15) is 19.8 Å². The van der Waals surface area contributed by atoms with Gasteiger partial charge in [-0.1, -0.05) is 19.1 Å². The molecule has 1 aliphatic heterocycles. The molecule has 5 N–H and O–H groups in total. The summed E-state index contributed by atoms with van der Waals surface area (Å²) in [5, 5.41) is 30.6. The molecule has 1 aliphatic rings. The van der Waals surface area contributed by atoms with Crippen molar-refractivity contribution in [3.8, 4) is 11.6 Å². The Kier molecular flexibility index (Phi) is 6.33. The van der Waals surface area contributed by atoms with Crippen LogP contribution >= 0.6 is 0 Å². The van der Waals surface area contributed by atoms with Gasteiger partial charge in [0.05, 0.1) is 42.1 Å². The van der Waals surface area contributed by atoms with Crippen LogP contribution in [0.5, 0.6) is 5.75 Å². The van der Waals surface area contributed by atoms with E-state index in [1.807, 2.05) is 58.0 Å². The SMILES string of the molecule is CC(CO)(CO)COc1ccc2c(c1)ncn2-c1ccc2cccc(N3CCC(N)CC3O)c2n1. The number of fused-ring (bicyclic) bond motifs is 2. The zero-order valence-corrected chi connectivity index (χ0v) is 19.7. The number of nitrogens with zero attached hydrogens (tertiary/aromatic N) is 4. The third-order valence-corrected chi connectivity index (χ3v) is 6.72. The van der Waals surface area contributed by atoms with E-state index in [4.69, 9.17) is 15.5 Å². The molecule has 9 nitrogen and oxygen atoms in total. The molecule has 0 aliphatic carbocycles. The smallest absolute Gasteiger partial charge is 0.139 e. The van der Waals surface area contributed by atoms with Crippen molar-refractivity contribution in [2.45, 2.75) is 32.0 Å². The first-order valence-corrected chi connectivity index (χ1v) is 11.8. The van der Waals surface area contributed by atoms with Crippen LogP contribution in [-0.2, 0) is 0 Å². The third kappa shape index (κ3) is 4.55. The first-order valence-electron chi connectivity index (χ1n) is 11.8. The molecule has 2 atom stereocenters. The Bertz CT molecular complexity index is 1340. The van der Waals surface area contributed by atoms with Crippen LogP contribution in [0, 0.1) is 5.41 Å². The first kappa shape index (κ1) is 23.5. The van der Waals surface area contributed by atoms with Gasteiger partial charge in [-0.15, -0.1) is 0 Å². The maximum Gasteiger partial charge on any atom is 0.139 e. The number of ether oxygens (including phenoxy) is 1. The Hall–Kier alpha value is -3.24. The number of para-hydroxylation sites is 1. The Morgan fingerprint density at radius 2 is 1.97 bits per heavy atom. The van der Waals surface area contributed by atoms with Gasteiger partial charge in [-0.25, -0.2) is 9.97 Å². The standard InChI is InChI=1S/C26H31N5O4/c1-26(13-32,14-33)15-35-19-6-7-21-20(12-19)28-16-31(21)23-8-5-17-3-2-4-22(25(17)29-23)30-10-9-18(27)11-24(30)34/h2-8,12,16,18,24,32-34H,9-11,13-15,27H2,1H3. The molecule has 35 heavy (non-hydrogen) atoms. The fourth-order valence-electron chi connectivity index (χ4n) is 4.40. The number of hydrogen-bond donors (Lipinski definition) is 4. The van der Waals surface area contributed by atoms with E-state index in [1.165, 1.54) is 0 Å². The predicted molar refractivity (Wildman–Crippen MR) is 135 cm³/mol. The molecule has 2 unspecified atom stereocenters. The number of aliphatic hydroxyl groups is 3. The van der Waals surface area contributed by atoms with Gasteiger partial charge in [-0.2, -0.15) is 0 Å². The van der Waals surface area contributed by atoms with Crippen molar-refractivity contribution in [3.63, 3.8) is 0 Å². The summed E-state index contributed by atoms with van der Waals surface area (Å²) in [4.78, 5) is 11.5. The lowest BCUT2D eigenvalue weighted by atomic mass is 9.94. The van der Waals surface area contributed by atoms with Crippen molar-refractivity contribution in [3.05, 3.63) is 54.9 Å². The summed E-state index contributed by atoms with van der Waals surface area (Å²) in [5.74, 6) is 1.33. The van der Waals surface area contributed by atoms with Gasteiger partial charge in [-0.3, -0.25) is 4.57 Å². The lowest BCUT2D eigenvalue weighted by molar-refractivity contribution is 0.0287. The zero-order chi connectivity index (χ0) is 24.6. The summed E-state index contributed by atoms with van der Waals surface area (Å²) in [6.07, 6.45) is 2.44. The number of benzene rings is 2. The minimum Gasteiger partial charge on any atom is -0.493 e. The van der Waals surface area contributed by atoms with Crippen molar-refractivity contribution in [2.24, 2.45) is 11.1 Å². The van der Waals surface area contributed by atoms with Gasteiger partial charge in [0.1, 0.15) is 24.1 Å². The van der Waals surface area contributed by atoms with Gasteiger partial charge >= 0.3 is 0 Å². The molecule has 3 heterocycles. The molecule has 0 spiro atoms. The van der Waals surface area contributed by atoms with Crippen LogP contribution in [0.2, 0.25) is 0 Å². The highest BCUT2D eigenvalue weighted by molar-refractivity contribution is 5.92. The molecular weight excluding hydrogens is 446 g/mol. The van der Waals surface area contributed by atoms with E-state index >= 15 is 0 Å². The number of piperidine rings is 1. The summed E-state index contributed by atoms with van der Waals surface area (Å²) < 4.78 is 7.73. The minimum absolute atomic E-state index is 0.00644. The number of aliphatic hydroxyl groups excluding tert-OH is 3. The van der Waals surface area contributed by atoms with Crippen LogP contribution in [0.3, 0.4) is 0 Å². The molecule has 1 fully saturated rings. The Morgan fingerprint density at radius 3 is 2.74 bits per heavy atom. The molecule has 4 aromatic rings. The van der Waals surface area contributed by atoms with Gasteiger partial charge in [-0.05, 0) is 36.8 Å². The van der Waals surface area contributed by atoms with Gasteiger partial charge in [0.15, 0.2) is 0 Å². The first-order chi connectivity index (χ1) is 16.9. The zero-order valence-electron chi connectivity index (χ0n) is 19.7. The van der Waals surface area contributed by atoms with Crippen LogP contribution < -0.4 is 15.4 Å². The number of nitrogens with two attached hydrogens (primary N) is 1. The van der Waals surface area contributed by atoms with Gasteiger partial charge in [0, 0.05) is 35.9 Å². The quantitative estimate of drug-likeness (QED) is 0.319. The molecule has 2 aromatic carbocycles. The third-order valence-electron chi connectivity index (χ3n) is 6.72. The number of aromatic nitrogens is 3. The fourth-order valence-corrected chi connectivity index (χ4v) is 4.40. The highest BCUT2D eigenvalue weighted by Crippen LogP contribution is 2.31. The van der Waals surface area contributed by atoms with Crippen molar-refractivity contribution < 1.29 is 20.1 Å². The summed E-state index contributed by atoms with van der Waals surface area (Å²) >= 11 is 0. The molecule has 0 saturated carbocycles. The highest BCUT2D eigenvalue weighted by atomic mass is 16.5. The maximum absolute atomic E-state index is 10.7. The summed E-state index contributed by atoms with van der Waals surface area (Å²) in [7, 11) is 0. The van der Waals surface area contributed by atoms with Crippen LogP contribution in [-0.4, -0.2) is 68.5 Å².